The van der Waals surface area contributed by atoms with Gasteiger partial charge in [0.05, 0.1) is 39.4 Å². The molecule has 2 N–H and O–H groups in total. The molecule has 0 bridgehead atoms. The number of Topliss-reactive ketones (excluding diaryl/α,β-unsaturated/α-hetero) is 1. The van der Waals surface area contributed by atoms with Crippen molar-refractivity contribution >= 4 is 23.3 Å². The largest absolute Gasteiger partial charge is 0.482 e. The molecule has 0 atom stereocenters. The molecule has 7 nitrogen and oxygen atoms in total. The van der Waals surface area contributed by atoms with Crippen molar-refractivity contribution in [3.8, 4) is 5.75 Å². The van der Waals surface area contributed by atoms with Crippen LogP contribution in [0.5, 0.6) is 5.75 Å². The fourth-order valence-corrected chi connectivity index (χ4v) is 3.07. The summed E-state index contributed by atoms with van der Waals surface area (Å²) in [4.78, 5) is 39.2. The molecule has 0 saturated heterocycles. The zero-order chi connectivity index (χ0) is 21.0. The van der Waals surface area contributed by atoms with E-state index in [9.17, 15) is 14.4 Å². The number of hydrogen-bond acceptors (Lipinski definition) is 4. The summed E-state index contributed by atoms with van der Waals surface area (Å²) in [7, 11) is 4.07. The van der Waals surface area contributed by atoms with E-state index in [1.165, 1.54) is 11.8 Å². The van der Waals surface area contributed by atoms with Crippen molar-refractivity contribution in [3.05, 3.63) is 59.2 Å². The van der Waals surface area contributed by atoms with Crippen molar-refractivity contribution in [2.24, 2.45) is 0 Å². The van der Waals surface area contributed by atoms with Crippen molar-refractivity contribution in [2.45, 2.75) is 13.5 Å². The maximum atomic E-state index is 12.4. The van der Waals surface area contributed by atoms with E-state index in [0.29, 0.717) is 35.7 Å². The van der Waals surface area contributed by atoms with Gasteiger partial charge in [0.1, 0.15) is 5.75 Å². The van der Waals surface area contributed by atoms with Crippen LogP contribution in [0.1, 0.15) is 33.2 Å². The standard InChI is InChI=1S/C22H25N3O4/c1-15(26)18-8-9-20-19(12-18)25(21(27)14-29-20)13-16-4-6-17(7-5-16)22(28)23-10-11-24(2)3/h4-9,12H,10-11,13-14H2,1-3H3,(H,23,28)/p+1. The summed E-state index contributed by atoms with van der Waals surface area (Å²) >= 11 is 0. The molecule has 1 aliphatic rings. The lowest BCUT2D eigenvalue weighted by atomic mass is 10.1. The highest BCUT2D eigenvalue weighted by molar-refractivity contribution is 6.01. The Morgan fingerprint density at radius 2 is 1.79 bits per heavy atom. The zero-order valence-corrected chi connectivity index (χ0v) is 17.0. The van der Waals surface area contributed by atoms with Gasteiger partial charge in [-0.3, -0.25) is 14.4 Å². The van der Waals surface area contributed by atoms with E-state index in [4.69, 9.17) is 4.74 Å². The number of hydrogen-bond donors (Lipinski definition) is 2. The summed E-state index contributed by atoms with van der Waals surface area (Å²) in [6.07, 6.45) is 0. The van der Waals surface area contributed by atoms with Crippen LogP contribution in [0.25, 0.3) is 0 Å². The molecule has 2 aromatic rings. The molecule has 1 heterocycles. The van der Waals surface area contributed by atoms with E-state index < -0.39 is 0 Å². The number of nitrogens with one attached hydrogen (secondary N) is 2. The Morgan fingerprint density at radius 3 is 2.45 bits per heavy atom. The number of likely N-dealkylation sites (N-methyl/N-ethyl adjacent to an activating group) is 1. The molecule has 3 rings (SSSR count). The van der Waals surface area contributed by atoms with Crippen LogP contribution in [0.15, 0.2) is 42.5 Å². The highest BCUT2D eigenvalue weighted by atomic mass is 16.5. The van der Waals surface area contributed by atoms with Gasteiger partial charge in [0.15, 0.2) is 12.4 Å². The van der Waals surface area contributed by atoms with Gasteiger partial charge < -0.3 is 19.9 Å². The van der Waals surface area contributed by atoms with Crippen LogP contribution in [0.3, 0.4) is 0 Å². The number of quaternary nitrogens is 1. The van der Waals surface area contributed by atoms with Crippen molar-refractivity contribution in [1.82, 2.24) is 5.32 Å². The van der Waals surface area contributed by atoms with E-state index in [2.05, 4.69) is 5.32 Å². The fraction of sp³-hybridized carbons (Fsp3) is 0.318. The second-order valence-corrected chi connectivity index (χ2v) is 7.42. The predicted octanol–water partition coefficient (Wildman–Crippen LogP) is 0.689. The molecule has 0 fully saturated rings. The quantitative estimate of drug-likeness (QED) is 0.675. The number of benzene rings is 2. The summed E-state index contributed by atoms with van der Waals surface area (Å²) in [5.41, 5.74) is 2.57. The number of nitrogens with zero attached hydrogens (tertiary/aromatic N) is 1. The van der Waals surface area contributed by atoms with Crippen molar-refractivity contribution < 1.29 is 24.0 Å². The number of fused-ring (bicyclic) bond motifs is 1. The van der Waals surface area contributed by atoms with Crippen molar-refractivity contribution in [2.75, 3.05) is 38.7 Å². The first kappa shape index (κ1) is 20.5. The van der Waals surface area contributed by atoms with E-state index in [0.717, 1.165) is 12.1 Å². The minimum absolute atomic E-state index is 0.0409. The summed E-state index contributed by atoms with van der Waals surface area (Å²) < 4.78 is 5.49. The van der Waals surface area contributed by atoms with Gasteiger partial charge in [0.2, 0.25) is 0 Å². The molecule has 0 radical (unpaired) electrons. The Hall–Kier alpha value is -3.19. The van der Waals surface area contributed by atoms with E-state index in [-0.39, 0.29) is 24.2 Å². The maximum Gasteiger partial charge on any atom is 0.265 e. The minimum atomic E-state index is -0.175. The second kappa shape index (κ2) is 8.87. The number of carbonyl (C=O) groups is 3. The number of anilines is 1. The molecule has 7 heteroatoms. The first-order valence-electron chi connectivity index (χ1n) is 9.59. The van der Waals surface area contributed by atoms with Gasteiger partial charge in [-0.2, -0.15) is 0 Å². The van der Waals surface area contributed by atoms with Crippen LogP contribution in [0.4, 0.5) is 5.69 Å². The third kappa shape index (κ3) is 5.00. The number of ether oxygens (including phenoxy) is 1. The molecule has 0 saturated carbocycles. The Morgan fingerprint density at radius 1 is 1.10 bits per heavy atom. The van der Waals surface area contributed by atoms with Crippen LogP contribution in [-0.2, 0) is 11.3 Å². The lowest BCUT2D eigenvalue weighted by Gasteiger charge is -2.29. The molecule has 2 amide bonds. The molecule has 0 aromatic heterocycles. The summed E-state index contributed by atoms with van der Waals surface area (Å²) in [6, 6.07) is 12.3. The maximum absolute atomic E-state index is 12.4. The van der Waals surface area contributed by atoms with E-state index >= 15 is 0 Å². The SMILES string of the molecule is CC(=O)c1ccc2c(c1)N(Cc1ccc(C(=O)NCC[NH+](C)C)cc1)C(=O)CO2. The molecule has 2 aromatic carbocycles. The predicted molar refractivity (Wildman–Crippen MR) is 110 cm³/mol. The summed E-state index contributed by atoms with van der Waals surface area (Å²) in [5, 5.41) is 2.90. The molecule has 0 spiro atoms. The fourth-order valence-electron chi connectivity index (χ4n) is 3.07. The summed E-state index contributed by atoms with van der Waals surface area (Å²) in [6.45, 7) is 3.25. The highest BCUT2D eigenvalue weighted by Gasteiger charge is 2.26. The van der Waals surface area contributed by atoms with Gasteiger partial charge in [-0.15, -0.1) is 0 Å². The van der Waals surface area contributed by atoms with E-state index in [1.807, 2.05) is 26.2 Å². The lowest BCUT2D eigenvalue weighted by molar-refractivity contribution is -0.856. The Bertz CT molecular complexity index is 922. The molecule has 0 aliphatic carbocycles. The molecular weight excluding hydrogens is 370 g/mol. The number of carbonyl (C=O) groups excluding carboxylic acids is 3. The monoisotopic (exact) mass is 396 g/mol. The molecule has 29 heavy (non-hydrogen) atoms. The summed E-state index contributed by atoms with van der Waals surface area (Å²) in [5.74, 6) is 0.216. The number of amides is 2. The minimum Gasteiger partial charge on any atom is -0.482 e. The molecule has 152 valence electrons. The average Bonchev–Trinajstić information content (AvgIpc) is 2.70. The van der Waals surface area contributed by atoms with Gasteiger partial charge in [0, 0.05) is 11.1 Å². The van der Waals surface area contributed by atoms with Crippen LogP contribution in [-0.4, -0.2) is 51.4 Å². The topological polar surface area (TPSA) is 80.2 Å². The van der Waals surface area contributed by atoms with Crippen LogP contribution < -0.4 is 19.9 Å². The molecule has 0 unspecified atom stereocenters. The normalized spacial score (nSPS) is 13.1. The third-order valence-electron chi connectivity index (χ3n) is 4.78. The van der Waals surface area contributed by atoms with Crippen molar-refractivity contribution in [3.63, 3.8) is 0 Å². The molecular formula is C22H26N3O4+. The Kier molecular flexibility index (Phi) is 6.29. The average molecular weight is 396 g/mol. The lowest BCUT2D eigenvalue weighted by Crippen LogP contribution is -3.06. The Balaban J connectivity index is 1.73. The van der Waals surface area contributed by atoms with E-state index in [1.54, 1.807) is 35.2 Å². The number of rotatable bonds is 7. The van der Waals surface area contributed by atoms with Gasteiger partial charge >= 0.3 is 0 Å². The second-order valence-electron chi connectivity index (χ2n) is 7.42. The first-order chi connectivity index (χ1) is 13.8. The first-order valence-corrected chi connectivity index (χ1v) is 9.59. The van der Waals surface area contributed by atoms with Crippen LogP contribution in [0.2, 0.25) is 0 Å². The van der Waals surface area contributed by atoms with Gasteiger partial charge in [-0.05, 0) is 42.8 Å². The zero-order valence-electron chi connectivity index (χ0n) is 17.0. The van der Waals surface area contributed by atoms with Crippen molar-refractivity contribution in [1.29, 1.82) is 0 Å². The van der Waals surface area contributed by atoms with Gasteiger partial charge in [-0.25, -0.2) is 0 Å². The number of ketones is 1. The van der Waals surface area contributed by atoms with Crippen LogP contribution in [0, 0.1) is 0 Å². The van der Waals surface area contributed by atoms with Gasteiger partial charge in [0.25, 0.3) is 11.8 Å². The van der Waals surface area contributed by atoms with Crippen LogP contribution >= 0.6 is 0 Å². The Labute approximate surface area is 170 Å². The highest BCUT2D eigenvalue weighted by Crippen LogP contribution is 2.34. The smallest absolute Gasteiger partial charge is 0.265 e. The molecule has 1 aliphatic heterocycles. The third-order valence-corrected chi connectivity index (χ3v) is 4.78. The van der Waals surface area contributed by atoms with Gasteiger partial charge in [-0.1, -0.05) is 12.1 Å².